The highest BCUT2D eigenvalue weighted by molar-refractivity contribution is 5.63. The van der Waals surface area contributed by atoms with Crippen LogP contribution in [0.15, 0.2) is 48.5 Å². The van der Waals surface area contributed by atoms with Crippen molar-refractivity contribution >= 4 is 0 Å². The first kappa shape index (κ1) is 14.0. The molecular formula is C21H24O. The Kier molecular flexibility index (Phi) is 3.34. The molecule has 0 amide bonds. The number of fused-ring (bicyclic) bond motifs is 8. The summed E-state index contributed by atoms with van der Waals surface area (Å²) in [7, 11) is 0. The zero-order valence-corrected chi connectivity index (χ0v) is 13.3. The van der Waals surface area contributed by atoms with Crippen molar-refractivity contribution in [1.29, 1.82) is 0 Å². The molecule has 0 aliphatic heterocycles. The molecule has 114 valence electrons. The Labute approximate surface area is 133 Å². The van der Waals surface area contributed by atoms with E-state index in [0.29, 0.717) is 0 Å². The van der Waals surface area contributed by atoms with Gasteiger partial charge in [-0.05, 0) is 28.7 Å². The monoisotopic (exact) mass is 292 g/mol. The van der Waals surface area contributed by atoms with Gasteiger partial charge in [-0.2, -0.15) is 0 Å². The molecule has 4 rings (SSSR count). The van der Waals surface area contributed by atoms with Crippen LogP contribution in [0.3, 0.4) is 0 Å². The highest BCUT2D eigenvalue weighted by Gasteiger charge is 2.58. The Morgan fingerprint density at radius 3 is 1.64 bits per heavy atom. The second-order valence-electron chi connectivity index (χ2n) is 6.93. The third kappa shape index (κ3) is 1.82. The predicted octanol–water partition coefficient (Wildman–Crippen LogP) is 4.98. The van der Waals surface area contributed by atoms with Gasteiger partial charge in [-0.15, -0.1) is 0 Å². The highest BCUT2D eigenvalue weighted by Crippen LogP contribution is 2.63. The minimum absolute atomic E-state index is 0.173. The average molecular weight is 292 g/mol. The van der Waals surface area contributed by atoms with Crippen molar-refractivity contribution in [2.45, 2.75) is 56.5 Å². The van der Waals surface area contributed by atoms with E-state index in [1.807, 2.05) is 0 Å². The minimum atomic E-state index is -0.610. The molecular weight excluding hydrogens is 268 g/mol. The zero-order valence-electron chi connectivity index (χ0n) is 13.3. The van der Waals surface area contributed by atoms with Crippen LogP contribution in [0.4, 0.5) is 0 Å². The lowest BCUT2D eigenvalue weighted by molar-refractivity contribution is 0.0203. The van der Waals surface area contributed by atoms with E-state index in [-0.39, 0.29) is 11.8 Å². The summed E-state index contributed by atoms with van der Waals surface area (Å²) in [6, 6.07) is 17.3. The van der Waals surface area contributed by atoms with Gasteiger partial charge in [0.15, 0.2) is 0 Å². The number of unbranched alkanes of at least 4 members (excludes halogenated alkanes) is 3. The maximum absolute atomic E-state index is 11.6. The van der Waals surface area contributed by atoms with Crippen LogP contribution in [0.25, 0.3) is 0 Å². The van der Waals surface area contributed by atoms with E-state index in [9.17, 15) is 5.11 Å². The number of hydrogen-bond acceptors (Lipinski definition) is 1. The van der Waals surface area contributed by atoms with Gasteiger partial charge in [0, 0.05) is 11.8 Å². The normalized spacial score (nSPS) is 27.7. The fraction of sp³-hybridized carbons (Fsp3) is 0.429. The molecule has 0 saturated carbocycles. The van der Waals surface area contributed by atoms with E-state index in [4.69, 9.17) is 0 Å². The molecule has 0 unspecified atom stereocenters. The molecule has 0 heterocycles. The standard InChI is InChI=1S/C21H24O/c1-2-3-4-9-14-21(22)19-15-10-5-6-11-16(15)20(21)18-13-8-7-12-17(18)19/h5-8,10-13,19-20,22H,2-4,9,14H2,1H3. The van der Waals surface area contributed by atoms with E-state index < -0.39 is 5.60 Å². The third-order valence-corrected chi connectivity index (χ3v) is 5.67. The van der Waals surface area contributed by atoms with Crippen molar-refractivity contribution in [2.75, 3.05) is 0 Å². The van der Waals surface area contributed by atoms with Gasteiger partial charge >= 0.3 is 0 Å². The zero-order chi connectivity index (χ0) is 15.2. The van der Waals surface area contributed by atoms with Crippen LogP contribution in [0.5, 0.6) is 0 Å². The number of benzene rings is 2. The van der Waals surface area contributed by atoms with Crippen LogP contribution in [-0.2, 0) is 0 Å². The maximum atomic E-state index is 11.6. The smallest absolute Gasteiger partial charge is 0.0865 e. The summed E-state index contributed by atoms with van der Waals surface area (Å²) in [6.07, 6.45) is 5.77. The Morgan fingerprint density at radius 1 is 0.773 bits per heavy atom. The predicted molar refractivity (Wildman–Crippen MR) is 90.3 cm³/mol. The summed E-state index contributed by atoms with van der Waals surface area (Å²) in [4.78, 5) is 0. The van der Waals surface area contributed by atoms with Crippen LogP contribution >= 0.6 is 0 Å². The molecule has 2 aromatic carbocycles. The molecule has 2 aliphatic rings. The largest absolute Gasteiger partial charge is 0.388 e. The lowest BCUT2D eigenvalue weighted by Gasteiger charge is -2.29. The lowest BCUT2D eigenvalue weighted by Crippen LogP contribution is -2.33. The SMILES string of the molecule is CCCCCCC1(O)C2c3ccccc3C1c1ccccc12. The molecule has 0 atom stereocenters. The van der Waals surface area contributed by atoms with Gasteiger partial charge in [-0.25, -0.2) is 0 Å². The van der Waals surface area contributed by atoms with Crippen molar-refractivity contribution in [3.8, 4) is 0 Å². The Balaban J connectivity index is 1.73. The second kappa shape index (κ2) is 5.24. The first-order valence-electron chi connectivity index (χ1n) is 8.67. The van der Waals surface area contributed by atoms with Crippen molar-refractivity contribution < 1.29 is 5.11 Å². The summed E-state index contributed by atoms with van der Waals surface area (Å²) < 4.78 is 0. The van der Waals surface area contributed by atoms with Crippen LogP contribution in [0, 0.1) is 0 Å². The number of aliphatic hydroxyl groups is 1. The van der Waals surface area contributed by atoms with Crippen molar-refractivity contribution in [3.63, 3.8) is 0 Å². The average Bonchev–Trinajstić information content (AvgIpc) is 2.96. The lowest BCUT2D eigenvalue weighted by atomic mass is 9.82. The number of rotatable bonds is 5. The molecule has 1 N–H and O–H groups in total. The molecule has 22 heavy (non-hydrogen) atoms. The van der Waals surface area contributed by atoms with Crippen LogP contribution < -0.4 is 0 Å². The van der Waals surface area contributed by atoms with Crippen molar-refractivity contribution in [2.24, 2.45) is 0 Å². The van der Waals surface area contributed by atoms with Crippen LogP contribution in [-0.4, -0.2) is 10.7 Å². The Hall–Kier alpha value is -1.60. The van der Waals surface area contributed by atoms with E-state index in [1.54, 1.807) is 0 Å². The third-order valence-electron chi connectivity index (χ3n) is 5.67. The Morgan fingerprint density at radius 2 is 1.23 bits per heavy atom. The first-order valence-corrected chi connectivity index (χ1v) is 8.67. The summed E-state index contributed by atoms with van der Waals surface area (Å²) in [5.41, 5.74) is 4.79. The fourth-order valence-electron chi connectivity index (χ4n) is 4.78. The van der Waals surface area contributed by atoms with Gasteiger partial charge < -0.3 is 5.11 Å². The van der Waals surface area contributed by atoms with E-state index >= 15 is 0 Å². The fourth-order valence-corrected chi connectivity index (χ4v) is 4.78. The molecule has 0 saturated heterocycles. The van der Waals surface area contributed by atoms with Crippen molar-refractivity contribution in [3.05, 3.63) is 70.8 Å². The van der Waals surface area contributed by atoms with Gasteiger partial charge in [0.25, 0.3) is 0 Å². The van der Waals surface area contributed by atoms with Gasteiger partial charge in [-0.1, -0.05) is 81.1 Å². The molecule has 0 radical (unpaired) electrons. The summed E-state index contributed by atoms with van der Waals surface area (Å²) in [6.45, 7) is 2.24. The van der Waals surface area contributed by atoms with Crippen LogP contribution in [0.2, 0.25) is 0 Å². The van der Waals surface area contributed by atoms with Gasteiger partial charge in [-0.3, -0.25) is 0 Å². The summed E-state index contributed by atoms with van der Waals surface area (Å²) in [5.74, 6) is 0.345. The first-order chi connectivity index (χ1) is 10.8. The molecule has 1 heteroatoms. The Bertz CT molecular complexity index is 590. The van der Waals surface area contributed by atoms with Crippen LogP contribution in [0.1, 0.15) is 73.1 Å². The molecule has 2 aliphatic carbocycles. The van der Waals surface area contributed by atoms with E-state index in [1.165, 1.54) is 41.5 Å². The maximum Gasteiger partial charge on any atom is 0.0865 e. The quantitative estimate of drug-likeness (QED) is 0.771. The summed E-state index contributed by atoms with van der Waals surface area (Å²) >= 11 is 0. The molecule has 1 nitrogen and oxygen atoms in total. The van der Waals surface area contributed by atoms with E-state index in [0.717, 1.165) is 12.8 Å². The van der Waals surface area contributed by atoms with E-state index in [2.05, 4.69) is 55.5 Å². The number of hydrogen-bond donors (Lipinski definition) is 1. The molecule has 2 aromatic rings. The molecule has 2 bridgehead atoms. The highest BCUT2D eigenvalue weighted by atomic mass is 16.3. The molecule has 0 aromatic heterocycles. The van der Waals surface area contributed by atoms with Gasteiger partial charge in [0.1, 0.15) is 0 Å². The molecule has 0 spiro atoms. The van der Waals surface area contributed by atoms with Gasteiger partial charge in [0.05, 0.1) is 5.60 Å². The minimum Gasteiger partial charge on any atom is -0.388 e. The van der Waals surface area contributed by atoms with Crippen molar-refractivity contribution in [1.82, 2.24) is 0 Å². The summed E-state index contributed by atoms with van der Waals surface area (Å²) in [5, 5.41) is 11.6. The molecule has 0 fully saturated rings. The second-order valence-corrected chi connectivity index (χ2v) is 6.93. The van der Waals surface area contributed by atoms with Gasteiger partial charge in [0.2, 0.25) is 0 Å². The topological polar surface area (TPSA) is 20.2 Å².